The minimum Gasteiger partial charge on any atom is -0.495 e. The van der Waals surface area contributed by atoms with Crippen molar-refractivity contribution >= 4 is 34.7 Å². The van der Waals surface area contributed by atoms with Crippen LogP contribution in [0.5, 0.6) is 5.75 Å². The predicted octanol–water partition coefficient (Wildman–Crippen LogP) is 5.05. The number of carbonyl (C=O) groups is 1. The molecule has 0 fully saturated rings. The Morgan fingerprint density at radius 1 is 1.12 bits per heavy atom. The van der Waals surface area contributed by atoms with Crippen LogP contribution >= 0.6 is 11.6 Å². The highest BCUT2D eigenvalue weighted by Gasteiger charge is 2.09. The van der Waals surface area contributed by atoms with E-state index in [0.717, 1.165) is 16.9 Å². The van der Waals surface area contributed by atoms with Gasteiger partial charge in [0.25, 0.3) is 5.91 Å². The SMILES string of the molecule is COc1ccc(Cl)cc1Nc1ccc(NC(=O)c2ccccc2C)nc1. The molecule has 0 aliphatic carbocycles. The smallest absolute Gasteiger partial charge is 0.257 e. The van der Waals surface area contributed by atoms with Gasteiger partial charge in [-0.25, -0.2) is 4.98 Å². The number of anilines is 3. The summed E-state index contributed by atoms with van der Waals surface area (Å²) in [4.78, 5) is 16.6. The summed E-state index contributed by atoms with van der Waals surface area (Å²) in [6.45, 7) is 1.90. The summed E-state index contributed by atoms with van der Waals surface area (Å²) in [6, 6.07) is 16.3. The molecule has 5 nitrogen and oxygen atoms in total. The summed E-state index contributed by atoms with van der Waals surface area (Å²) < 4.78 is 5.31. The Morgan fingerprint density at radius 3 is 2.62 bits per heavy atom. The van der Waals surface area contributed by atoms with Gasteiger partial charge < -0.3 is 15.4 Å². The first kappa shape index (κ1) is 17.8. The topological polar surface area (TPSA) is 63.2 Å². The number of halogens is 1. The van der Waals surface area contributed by atoms with Crippen molar-refractivity contribution in [1.29, 1.82) is 0 Å². The number of nitrogens with one attached hydrogen (secondary N) is 2. The van der Waals surface area contributed by atoms with Crippen molar-refractivity contribution in [2.45, 2.75) is 6.92 Å². The van der Waals surface area contributed by atoms with Crippen molar-refractivity contribution < 1.29 is 9.53 Å². The molecule has 0 radical (unpaired) electrons. The summed E-state index contributed by atoms with van der Waals surface area (Å²) in [6.07, 6.45) is 1.63. The molecular weight excluding hydrogens is 350 g/mol. The molecule has 0 spiro atoms. The molecule has 1 aromatic heterocycles. The molecular formula is C20H18ClN3O2. The molecule has 0 saturated carbocycles. The van der Waals surface area contributed by atoms with Gasteiger partial charge in [0.2, 0.25) is 0 Å². The second-order valence-corrected chi connectivity index (χ2v) is 6.11. The molecule has 0 aliphatic rings. The van der Waals surface area contributed by atoms with Gasteiger partial charge in [-0.2, -0.15) is 0 Å². The molecule has 3 rings (SSSR count). The van der Waals surface area contributed by atoms with E-state index in [0.29, 0.717) is 22.2 Å². The van der Waals surface area contributed by atoms with Gasteiger partial charge in [0.15, 0.2) is 0 Å². The molecule has 2 aromatic carbocycles. The van der Waals surface area contributed by atoms with E-state index in [-0.39, 0.29) is 5.91 Å². The second kappa shape index (κ2) is 7.89. The van der Waals surface area contributed by atoms with E-state index in [1.165, 1.54) is 0 Å². The number of nitrogens with zero attached hydrogens (tertiary/aromatic N) is 1. The number of aryl methyl sites for hydroxylation is 1. The molecule has 1 heterocycles. The fraction of sp³-hybridized carbons (Fsp3) is 0.100. The lowest BCUT2D eigenvalue weighted by atomic mass is 10.1. The number of aromatic nitrogens is 1. The van der Waals surface area contributed by atoms with Crippen LogP contribution < -0.4 is 15.4 Å². The van der Waals surface area contributed by atoms with E-state index < -0.39 is 0 Å². The van der Waals surface area contributed by atoms with E-state index in [4.69, 9.17) is 16.3 Å². The molecule has 3 aromatic rings. The molecule has 26 heavy (non-hydrogen) atoms. The summed E-state index contributed by atoms with van der Waals surface area (Å²) in [7, 11) is 1.59. The maximum Gasteiger partial charge on any atom is 0.257 e. The molecule has 2 N–H and O–H groups in total. The van der Waals surface area contributed by atoms with Gasteiger partial charge in [0.1, 0.15) is 11.6 Å². The highest BCUT2D eigenvalue weighted by atomic mass is 35.5. The van der Waals surface area contributed by atoms with Crippen LogP contribution in [-0.4, -0.2) is 18.0 Å². The average Bonchev–Trinajstić information content (AvgIpc) is 2.64. The van der Waals surface area contributed by atoms with Crippen molar-refractivity contribution in [3.8, 4) is 5.75 Å². The van der Waals surface area contributed by atoms with Crippen LogP contribution in [0.1, 0.15) is 15.9 Å². The minimum atomic E-state index is -0.187. The Bertz CT molecular complexity index is 927. The number of methoxy groups -OCH3 is 1. The zero-order valence-corrected chi connectivity index (χ0v) is 15.2. The molecule has 1 amide bonds. The summed E-state index contributed by atoms with van der Waals surface area (Å²) in [5.74, 6) is 0.959. The Kier molecular flexibility index (Phi) is 5.39. The van der Waals surface area contributed by atoms with Crippen LogP contribution in [0.2, 0.25) is 5.02 Å². The summed E-state index contributed by atoms with van der Waals surface area (Å²) in [5.41, 5.74) is 3.02. The van der Waals surface area contributed by atoms with E-state index in [2.05, 4.69) is 15.6 Å². The number of amides is 1. The molecule has 0 unspecified atom stereocenters. The van der Waals surface area contributed by atoms with Crippen molar-refractivity contribution in [3.05, 3.63) is 76.9 Å². The van der Waals surface area contributed by atoms with Crippen molar-refractivity contribution in [1.82, 2.24) is 4.98 Å². The van der Waals surface area contributed by atoms with Crippen LogP contribution in [0.3, 0.4) is 0 Å². The first-order chi connectivity index (χ1) is 12.6. The summed E-state index contributed by atoms with van der Waals surface area (Å²) >= 11 is 6.03. The number of pyridine rings is 1. The van der Waals surface area contributed by atoms with Gasteiger partial charge in [0, 0.05) is 10.6 Å². The lowest BCUT2D eigenvalue weighted by molar-refractivity contribution is 0.102. The molecule has 132 valence electrons. The third-order valence-electron chi connectivity index (χ3n) is 3.84. The quantitative estimate of drug-likeness (QED) is 0.662. The Balaban J connectivity index is 1.72. The Morgan fingerprint density at radius 2 is 1.92 bits per heavy atom. The highest BCUT2D eigenvalue weighted by Crippen LogP contribution is 2.30. The molecule has 0 atom stereocenters. The van der Waals surface area contributed by atoms with Crippen molar-refractivity contribution in [2.24, 2.45) is 0 Å². The first-order valence-electron chi connectivity index (χ1n) is 8.00. The normalized spacial score (nSPS) is 10.3. The third kappa shape index (κ3) is 4.13. The van der Waals surface area contributed by atoms with E-state index in [1.54, 1.807) is 43.6 Å². The first-order valence-corrected chi connectivity index (χ1v) is 8.38. The number of carbonyl (C=O) groups excluding carboxylic acids is 1. The maximum absolute atomic E-state index is 12.3. The van der Waals surface area contributed by atoms with Crippen LogP contribution in [0.25, 0.3) is 0 Å². The van der Waals surface area contributed by atoms with Gasteiger partial charge in [-0.1, -0.05) is 29.8 Å². The largest absolute Gasteiger partial charge is 0.495 e. The van der Waals surface area contributed by atoms with Gasteiger partial charge in [0.05, 0.1) is 24.7 Å². The highest BCUT2D eigenvalue weighted by molar-refractivity contribution is 6.31. The third-order valence-corrected chi connectivity index (χ3v) is 4.07. The number of hydrogen-bond donors (Lipinski definition) is 2. The predicted molar refractivity (Wildman–Crippen MR) is 105 cm³/mol. The molecule has 0 bridgehead atoms. The van der Waals surface area contributed by atoms with Gasteiger partial charge in [-0.15, -0.1) is 0 Å². The molecule has 6 heteroatoms. The van der Waals surface area contributed by atoms with Gasteiger partial charge in [-0.3, -0.25) is 4.79 Å². The van der Waals surface area contributed by atoms with Crippen LogP contribution in [0, 0.1) is 6.92 Å². The Hall–Kier alpha value is -3.05. The van der Waals surface area contributed by atoms with Crippen LogP contribution in [0.4, 0.5) is 17.2 Å². The lowest BCUT2D eigenvalue weighted by Gasteiger charge is -2.12. The summed E-state index contributed by atoms with van der Waals surface area (Å²) in [5, 5.41) is 6.60. The minimum absolute atomic E-state index is 0.187. The fourth-order valence-electron chi connectivity index (χ4n) is 2.49. The molecule has 0 saturated heterocycles. The van der Waals surface area contributed by atoms with Crippen molar-refractivity contribution in [2.75, 3.05) is 17.7 Å². The zero-order valence-electron chi connectivity index (χ0n) is 14.4. The Labute approximate surface area is 157 Å². The van der Waals surface area contributed by atoms with E-state index in [1.807, 2.05) is 31.2 Å². The lowest BCUT2D eigenvalue weighted by Crippen LogP contribution is -2.14. The maximum atomic E-state index is 12.3. The zero-order chi connectivity index (χ0) is 18.5. The number of benzene rings is 2. The van der Waals surface area contributed by atoms with Gasteiger partial charge >= 0.3 is 0 Å². The van der Waals surface area contributed by atoms with Gasteiger partial charge in [-0.05, 0) is 48.9 Å². The average molecular weight is 368 g/mol. The molecule has 0 aliphatic heterocycles. The number of hydrogen-bond acceptors (Lipinski definition) is 4. The number of ether oxygens (including phenoxy) is 1. The van der Waals surface area contributed by atoms with Crippen molar-refractivity contribution in [3.63, 3.8) is 0 Å². The van der Waals surface area contributed by atoms with Crippen LogP contribution in [0.15, 0.2) is 60.8 Å². The van der Waals surface area contributed by atoms with E-state index in [9.17, 15) is 4.79 Å². The van der Waals surface area contributed by atoms with Crippen LogP contribution in [-0.2, 0) is 0 Å². The second-order valence-electron chi connectivity index (χ2n) is 5.67. The monoisotopic (exact) mass is 367 g/mol. The fourth-order valence-corrected chi connectivity index (χ4v) is 2.66. The standard InChI is InChI=1S/C20H18ClN3O2/c1-13-5-3-4-6-16(13)20(25)24-19-10-8-15(12-22-19)23-17-11-14(21)7-9-18(17)26-2/h3-12,23H,1-2H3,(H,22,24,25). The van der Waals surface area contributed by atoms with E-state index >= 15 is 0 Å². The number of rotatable bonds is 5.